The Balaban J connectivity index is 1.46. The van der Waals surface area contributed by atoms with E-state index in [9.17, 15) is 4.79 Å². The normalized spacial score (nSPS) is 26.5. The number of hydrogen-bond acceptors (Lipinski definition) is 3. The maximum Gasteiger partial charge on any atom is 0.225 e. The zero-order chi connectivity index (χ0) is 15.4. The zero-order valence-electron chi connectivity index (χ0n) is 14.1. The van der Waals surface area contributed by atoms with Gasteiger partial charge in [-0.25, -0.2) is 0 Å². The van der Waals surface area contributed by atoms with Gasteiger partial charge in [0.2, 0.25) is 5.91 Å². The van der Waals surface area contributed by atoms with Crippen molar-refractivity contribution < 1.29 is 9.53 Å². The van der Waals surface area contributed by atoms with Gasteiger partial charge in [0, 0.05) is 44.3 Å². The van der Waals surface area contributed by atoms with Gasteiger partial charge in [-0.15, -0.1) is 0 Å². The molecule has 2 heterocycles. The lowest BCUT2D eigenvalue weighted by Gasteiger charge is -2.42. The number of likely N-dealkylation sites (tertiary alicyclic amines) is 1. The lowest BCUT2D eigenvalue weighted by Crippen LogP contribution is -2.50. The lowest BCUT2D eigenvalue weighted by molar-refractivity contribution is -0.138. The van der Waals surface area contributed by atoms with Crippen molar-refractivity contribution in [2.45, 2.75) is 69.9 Å². The minimum absolute atomic E-state index is 0.332. The summed E-state index contributed by atoms with van der Waals surface area (Å²) in [6.45, 7) is 3.75. The molecule has 126 valence electrons. The van der Waals surface area contributed by atoms with Gasteiger partial charge in [0.05, 0.1) is 0 Å². The van der Waals surface area contributed by atoms with E-state index in [1.807, 2.05) is 0 Å². The molecule has 0 radical (unpaired) electrons. The summed E-state index contributed by atoms with van der Waals surface area (Å²) in [6.07, 6.45) is 10.7. The summed E-state index contributed by atoms with van der Waals surface area (Å²) in [4.78, 5) is 17.4. The van der Waals surface area contributed by atoms with Crippen molar-refractivity contribution in [3.63, 3.8) is 0 Å². The van der Waals surface area contributed by atoms with Gasteiger partial charge in [-0.1, -0.05) is 19.3 Å². The molecule has 0 atom stereocenters. The molecular weight excluding hydrogens is 276 g/mol. The van der Waals surface area contributed by atoms with Gasteiger partial charge < -0.3 is 14.5 Å². The van der Waals surface area contributed by atoms with E-state index in [1.165, 1.54) is 19.3 Å². The van der Waals surface area contributed by atoms with Gasteiger partial charge in [-0.05, 0) is 45.6 Å². The fourth-order valence-electron chi connectivity index (χ4n) is 4.49. The van der Waals surface area contributed by atoms with Crippen molar-refractivity contribution in [3.8, 4) is 0 Å². The monoisotopic (exact) mass is 308 g/mol. The van der Waals surface area contributed by atoms with E-state index in [-0.39, 0.29) is 0 Å². The van der Waals surface area contributed by atoms with Crippen LogP contribution in [0, 0.1) is 5.92 Å². The number of carbonyl (C=O) groups is 1. The molecule has 1 aliphatic carbocycles. The molecule has 3 fully saturated rings. The van der Waals surface area contributed by atoms with Crippen LogP contribution in [-0.2, 0) is 9.53 Å². The van der Waals surface area contributed by atoms with Crippen LogP contribution in [0.4, 0.5) is 0 Å². The predicted molar refractivity (Wildman–Crippen MR) is 87.8 cm³/mol. The predicted octanol–water partition coefficient (Wildman–Crippen LogP) is 2.67. The molecule has 0 aromatic carbocycles. The molecule has 0 unspecified atom stereocenters. The number of hydrogen-bond donors (Lipinski definition) is 0. The van der Waals surface area contributed by atoms with Crippen LogP contribution in [0.2, 0.25) is 0 Å². The third-order valence-electron chi connectivity index (χ3n) is 6.07. The molecule has 1 amide bonds. The Kier molecular flexibility index (Phi) is 5.75. The van der Waals surface area contributed by atoms with E-state index in [1.54, 1.807) is 0 Å². The van der Waals surface area contributed by atoms with Crippen molar-refractivity contribution in [2.75, 3.05) is 33.4 Å². The number of piperidine rings is 1. The molecule has 22 heavy (non-hydrogen) atoms. The van der Waals surface area contributed by atoms with Gasteiger partial charge in [0.15, 0.2) is 0 Å². The maximum absolute atomic E-state index is 12.6. The van der Waals surface area contributed by atoms with Crippen molar-refractivity contribution in [3.05, 3.63) is 0 Å². The summed E-state index contributed by atoms with van der Waals surface area (Å²) in [5.41, 5.74) is 0. The third kappa shape index (κ3) is 3.83. The molecule has 0 bridgehead atoms. The molecule has 2 saturated heterocycles. The SMILES string of the molecule is CN(C1CCOCC1)C1CCN(C(=O)C2CCCCC2)CC1. The first kappa shape index (κ1) is 16.3. The number of rotatable bonds is 3. The molecule has 2 aliphatic heterocycles. The van der Waals surface area contributed by atoms with Crippen LogP contribution >= 0.6 is 0 Å². The smallest absolute Gasteiger partial charge is 0.225 e. The molecule has 3 aliphatic rings. The average Bonchev–Trinajstić information content (AvgIpc) is 2.62. The zero-order valence-corrected chi connectivity index (χ0v) is 14.1. The van der Waals surface area contributed by atoms with Gasteiger partial charge in [-0.3, -0.25) is 4.79 Å². The average molecular weight is 308 g/mol. The largest absolute Gasteiger partial charge is 0.381 e. The summed E-state index contributed by atoms with van der Waals surface area (Å²) in [7, 11) is 2.28. The molecule has 0 aromatic heterocycles. The highest BCUT2D eigenvalue weighted by Crippen LogP contribution is 2.28. The van der Waals surface area contributed by atoms with Crippen LogP contribution in [-0.4, -0.2) is 61.1 Å². The Morgan fingerprint density at radius 3 is 2.14 bits per heavy atom. The number of carbonyl (C=O) groups excluding carboxylic acids is 1. The number of nitrogens with zero attached hydrogens (tertiary/aromatic N) is 2. The second kappa shape index (κ2) is 7.78. The third-order valence-corrected chi connectivity index (χ3v) is 6.07. The first-order chi connectivity index (χ1) is 10.8. The van der Waals surface area contributed by atoms with Crippen molar-refractivity contribution >= 4 is 5.91 Å². The molecule has 4 nitrogen and oxygen atoms in total. The van der Waals surface area contributed by atoms with Crippen LogP contribution < -0.4 is 0 Å². The molecule has 0 aromatic rings. The Morgan fingerprint density at radius 2 is 1.50 bits per heavy atom. The summed E-state index contributed by atoms with van der Waals surface area (Å²) < 4.78 is 5.47. The Labute approximate surface area is 135 Å². The molecule has 0 spiro atoms. The Bertz CT molecular complexity index is 354. The van der Waals surface area contributed by atoms with Gasteiger partial charge in [0.1, 0.15) is 0 Å². The number of ether oxygens (including phenoxy) is 1. The molecule has 3 rings (SSSR count). The Hall–Kier alpha value is -0.610. The summed E-state index contributed by atoms with van der Waals surface area (Å²) in [6, 6.07) is 1.33. The van der Waals surface area contributed by atoms with Crippen molar-refractivity contribution in [1.82, 2.24) is 9.80 Å². The lowest BCUT2D eigenvalue weighted by atomic mass is 9.87. The summed E-state index contributed by atoms with van der Waals surface area (Å²) >= 11 is 0. The summed E-state index contributed by atoms with van der Waals surface area (Å²) in [5, 5.41) is 0. The van der Waals surface area contributed by atoms with Crippen LogP contribution in [0.1, 0.15) is 57.8 Å². The Morgan fingerprint density at radius 1 is 0.909 bits per heavy atom. The molecule has 0 N–H and O–H groups in total. The van der Waals surface area contributed by atoms with E-state index in [0.29, 0.717) is 23.9 Å². The first-order valence-electron chi connectivity index (χ1n) is 9.34. The van der Waals surface area contributed by atoms with Crippen LogP contribution in [0.15, 0.2) is 0 Å². The van der Waals surface area contributed by atoms with Crippen molar-refractivity contribution in [2.24, 2.45) is 5.92 Å². The highest BCUT2D eigenvalue weighted by molar-refractivity contribution is 5.79. The van der Waals surface area contributed by atoms with E-state index < -0.39 is 0 Å². The molecular formula is C18H32N2O2. The maximum atomic E-state index is 12.6. The van der Waals surface area contributed by atoms with Crippen LogP contribution in [0.5, 0.6) is 0 Å². The second-order valence-electron chi connectivity index (χ2n) is 7.40. The highest BCUT2D eigenvalue weighted by Gasteiger charge is 2.32. The van der Waals surface area contributed by atoms with Crippen LogP contribution in [0.25, 0.3) is 0 Å². The van der Waals surface area contributed by atoms with Gasteiger partial charge >= 0.3 is 0 Å². The van der Waals surface area contributed by atoms with E-state index >= 15 is 0 Å². The fraction of sp³-hybridized carbons (Fsp3) is 0.944. The van der Waals surface area contributed by atoms with Gasteiger partial charge in [0.25, 0.3) is 0 Å². The highest BCUT2D eigenvalue weighted by atomic mass is 16.5. The molecule has 4 heteroatoms. The number of amides is 1. The minimum Gasteiger partial charge on any atom is -0.381 e. The quantitative estimate of drug-likeness (QED) is 0.803. The van der Waals surface area contributed by atoms with E-state index in [4.69, 9.17) is 4.74 Å². The van der Waals surface area contributed by atoms with E-state index in [2.05, 4.69) is 16.8 Å². The summed E-state index contributed by atoms with van der Waals surface area (Å²) in [5.74, 6) is 0.783. The minimum atomic E-state index is 0.332. The fourth-order valence-corrected chi connectivity index (χ4v) is 4.49. The van der Waals surface area contributed by atoms with Crippen molar-refractivity contribution in [1.29, 1.82) is 0 Å². The topological polar surface area (TPSA) is 32.8 Å². The van der Waals surface area contributed by atoms with E-state index in [0.717, 1.165) is 64.8 Å². The van der Waals surface area contributed by atoms with Crippen LogP contribution in [0.3, 0.4) is 0 Å². The first-order valence-corrected chi connectivity index (χ1v) is 9.34. The second-order valence-corrected chi connectivity index (χ2v) is 7.40. The standard InChI is InChI=1S/C18H32N2O2/c1-19(17-9-13-22-14-10-17)16-7-11-20(12-8-16)18(21)15-5-3-2-4-6-15/h15-17H,2-14H2,1H3. The van der Waals surface area contributed by atoms with Gasteiger partial charge in [-0.2, -0.15) is 0 Å². The molecule has 1 saturated carbocycles.